The van der Waals surface area contributed by atoms with Crippen molar-refractivity contribution in [2.75, 3.05) is 6.54 Å². The first-order valence-electron chi connectivity index (χ1n) is 6.52. The van der Waals surface area contributed by atoms with Crippen LogP contribution in [0, 0.1) is 13.8 Å². The van der Waals surface area contributed by atoms with E-state index in [1.54, 1.807) is 0 Å². The molecule has 98 valence electrons. The molecule has 0 saturated heterocycles. The van der Waals surface area contributed by atoms with Crippen LogP contribution in [0.5, 0.6) is 0 Å². The lowest BCUT2D eigenvalue weighted by atomic mass is 9.88. The molecule has 1 unspecified atom stereocenters. The fourth-order valence-corrected chi connectivity index (χ4v) is 2.99. The summed E-state index contributed by atoms with van der Waals surface area (Å²) in [4.78, 5) is 6.67. The second kappa shape index (κ2) is 4.30. The van der Waals surface area contributed by atoms with Gasteiger partial charge in [-0.15, -0.1) is 0 Å². The third-order valence-electron chi connectivity index (χ3n) is 3.69. The normalized spacial score (nSPS) is 23.7. The maximum absolute atomic E-state index is 6.04. The molecule has 0 bridgehead atoms. The first kappa shape index (κ1) is 12.9. The van der Waals surface area contributed by atoms with E-state index in [0.29, 0.717) is 12.0 Å². The Hall–Kier alpha value is -1.51. The third-order valence-corrected chi connectivity index (χ3v) is 3.69. The zero-order valence-corrected chi connectivity index (χ0v) is 12.0. The molecule has 1 atom stereocenters. The molecule has 1 heterocycles. The van der Waals surface area contributed by atoms with Crippen molar-refractivity contribution in [2.45, 2.75) is 46.2 Å². The summed E-state index contributed by atoms with van der Waals surface area (Å²) in [6, 6.07) is 7.04. The molecule has 0 spiro atoms. The minimum atomic E-state index is -0.116. The number of aryl methyl sites for hydroxylation is 2. The molecule has 3 heteroatoms. The van der Waals surface area contributed by atoms with Gasteiger partial charge < -0.3 is 10.6 Å². The number of hydrogen-bond acceptors (Lipinski definition) is 3. The quantitative estimate of drug-likeness (QED) is 0.870. The molecular weight excluding hydrogens is 222 g/mol. The minimum Gasteiger partial charge on any atom is -0.370 e. The number of aliphatic imine (C=N–C) groups is 1. The molecule has 1 aliphatic heterocycles. The molecule has 18 heavy (non-hydrogen) atoms. The topological polar surface area (TPSA) is 41.6 Å². The average molecular weight is 245 g/mol. The van der Waals surface area contributed by atoms with Crippen LogP contribution in [0.3, 0.4) is 0 Å². The summed E-state index contributed by atoms with van der Waals surface area (Å²) in [5.41, 5.74) is 9.82. The molecule has 0 radical (unpaired) electrons. The van der Waals surface area contributed by atoms with Gasteiger partial charge >= 0.3 is 0 Å². The molecule has 0 amide bonds. The van der Waals surface area contributed by atoms with E-state index in [9.17, 15) is 0 Å². The molecule has 0 aromatic heterocycles. The molecule has 1 aromatic carbocycles. The van der Waals surface area contributed by atoms with Gasteiger partial charge in [-0.05, 0) is 40.2 Å². The van der Waals surface area contributed by atoms with Crippen LogP contribution in [-0.2, 0) is 5.54 Å². The van der Waals surface area contributed by atoms with Crippen molar-refractivity contribution in [3.8, 4) is 0 Å². The summed E-state index contributed by atoms with van der Waals surface area (Å²) >= 11 is 0. The highest BCUT2D eigenvalue weighted by Gasteiger charge is 2.40. The van der Waals surface area contributed by atoms with Crippen LogP contribution in [0.25, 0.3) is 0 Å². The van der Waals surface area contributed by atoms with Gasteiger partial charge in [0.15, 0.2) is 5.96 Å². The predicted octanol–water partition coefficient (Wildman–Crippen LogP) is 2.56. The van der Waals surface area contributed by atoms with Crippen molar-refractivity contribution in [2.24, 2.45) is 10.7 Å². The largest absolute Gasteiger partial charge is 0.370 e. The van der Waals surface area contributed by atoms with Crippen LogP contribution in [-0.4, -0.2) is 23.4 Å². The van der Waals surface area contributed by atoms with Crippen molar-refractivity contribution < 1.29 is 0 Å². The Morgan fingerprint density at radius 2 is 1.78 bits per heavy atom. The highest BCUT2D eigenvalue weighted by Crippen LogP contribution is 2.35. The third kappa shape index (κ3) is 1.98. The summed E-state index contributed by atoms with van der Waals surface area (Å²) < 4.78 is 0. The highest BCUT2D eigenvalue weighted by atomic mass is 15.4. The zero-order valence-electron chi connectivity index (χ0n) is 12.0. The maximum Gasteiger partial charge on any atom is 0.192 e. The SMILES string of the molecule is Cc1cc(C)cc(C2(C)CN=C(N)N2C(C)C)c1. The molecule has 3 nitrogen and oxygen atoms in total. The lowest BCUT2D eigenvalue weighted by molar-refractivity contribution is 0.185. The van der Waals surface area contributed by atoms with Gasteiger partial charge in [-0.2, -0.15) is 0 Å². The van der Waals surface area contributed by atoms with Crippen molar-refractivity contribution in [1.82, 2.24) is 4.90 Å². The molecular formula is C15H23N3. The number of nitrogens with zero attached hydrogens (tertiary/aromatic N) is 2. The summed E-state index contributed by atoms with van der Waals surface area (Å²) in [5.74, 6) is 0.659. The smallest absolute Gasteiger partial charge is 0.192 e. The first-order chi connectivity index (χ1) is 8.34. The molecule has 1 aliphatic rings. The Kier molecular flexibility index (Phi) is 3.09. The van der Waals surface area contributed by atoms with Crippen molar-refractivity contribution >= 4 is 5.96 Å². The van der Waals surface area contributed by atoms with E-state index in [1.165, 1.54) is 16.7 Å². The number of hydrogen-bond donors (Lipinski definition) is 1. The predicted molar refractivity (Wildman–Crippen MR) is 76.7 cm³/mol. The van der Waals surface area contributed by atoms with Gasteiger partial charge in [-0.25, -0.2) is 0 Å². The highest BCUT2D eigenvalue weighted by molar-refractivity contribution is 5.81. The molecule has 0 fully saturated rings. The van der Waals surface area contributed by atoms with Gasteiger partial charge in [0, 0.05) is 6.04 Å². The Balaban J connectivity index is 2.48. The van der Waals surface area contributed by atoms with Crippen LogP contribution in [0.1, 0.15) is 37.5 Å². The van der Waals surface area contributed by atoms with E-state index < -0.39 is 0 Å². The Morgan fingerprint density at radius 1 is 1.22 bits per heavy atom. The number of rotatable bonds is 2. The molecule has 0 saturated carbocycles. The second-order valence-electron chi connectivity index (χ2n) is 5.79. The summed E-state index contributed by atoms with van der Waals surface area (Å²) in [6.07, 6.45) is 0. The van der Waals surface area contributed by atoms with E-state index in [-0.39, 0.29) is 5.54 Å². The van der Waals surface area contributed by atoms with Gasteiger partial charge in [0.05, 0.1) is 12.1 Å². The van der Waals surface area contributed by atoms with Gasteiger partial charge in [0.25, 0.3) is 0 Å². The van der Waals surface area contributed by atoms with E-state index in [1.807, 2.05) is 0 Å². The molecule has 2 N–H and O–H groups in total. The maximum atomic E-state index is 6.04. The van der Waals surface area contributed by atoms with Gasteiger partial charge in [-0.3, -0.25) is 4.99 Å². The van der Waals surface area contributed by atoms with Crippen molar-refractivity contribution in [3.05, 3.63) is 34.9 Å². The Labute approximate surface area is 110 Å². The first-order valence-corrected chi connectivity index (χ1v) is 6.52. The summed E-state index contributed by atoms with van der Waals surface area (Å²) in [5, 5.41) is 0. The van der Waals surface area contributed by atoms with Crippen LogP contribution < -0.4 is 5.73 Å². The van der Waals surface area contributed by atoms with Crippen LogP contribution in [0.15, 0.2) is 23.2 Å². The van der Waals surface area contributed by atoms with Crippen molar-refractivity contribution in [3.63, 3.8) is 0 Å². The molecule has 1 aromatic rings. The number of benzene rings is 1. The Morgan fingerprint density at radius 3 is 2.28 bits per heavy atom. The zero-order chi connectivity index (χ0) is 13.5. The van der Waals surface area contributed by atoms with Gasteiger partial charge in [-0.1, -0.05) is 29.3 Å². The lowest BCUT2D eigenvalue weighted by Gasteiger charge is -2.40. The summed E-state index contributed by atoms with van der Waals surface area (Å²) in [7, 11) is 0. The average Bonchev–Trinajstić information content (AvgIpc) is 2.54. The number of nitrogens with two attached hydrogens (primary N) is 1. The van der Waals surface area contributed by atoms with E-state index in [4.69, 9.17) is 5.73 Å². The minimum absolute atomic E-state index is 0.116. The number of guanidine groups is 1. The fraction of sp³-hybridized carbons (Fsp3) is 0.533. The van der Waals surface area contributed by atoms with Crippen LogP contribution >= 0.6 is 0 Å². The van der Waals surface area contributed by atoms with Crippen molar-refractivity contribution in [1.29, 1.82) is 0 Å². The Bertz CT molecular complexity index is 470. The monoisotopic (exact) mass is 245 g/mol. The molecule has 2 rings (SSSR count). The van der Waals surface area contributed by atoms with Gasteiger partial charge in [0.2, 0.25) is 0 Å². The second-order valence-corrected chi connectivity index (χ2v) is 5.79. The molecule has 0 aliphatic carbocycles. The lowest BCUT2D eigenvalue weighted by Crippen LogP contribution is -2.51. The van der Waals surface area contributed by atoms with E-state index in [2.05, 4.69) is 62.7 Å². The van der Waals surface area contributed by atoms with E-state index in [0.717, 1.165) is 6.54 Å². The van der Waals surface area contributed by atoms with E-state index >= 15 is 0 Å². The van der Waals surface area contributed by atoms with Crippen LogP contribution in [0.2, 0.25) is 0 Å². The fourth-order valence-electron chi connectivity index (χ4n) is 2.99. The standard InChI is InChI=1S/C15H23N3/c1-10(2)18-14(16)17-9-15(18,5)13-7-11(3)6-12(4)8-13/h6-8,10H,9H2,1-5H3,(H2,16,17). The summed E-state index contributed by atoms with van der Waals surface area (Å²) in [6.45, 7) is 11.6. The van der Waals surface area contributed by atoms with Crippen LogP contribution in [0.4, 0.5) is 0 Å². The van der Waals surface area contributed by atoms with Gasteiger partial charge in [0.1, 0.15) is 0 Å².